The van der Waals surface area contributed by atoms with Crippen molar-refractivity contribution in [2.75, 3.05) is 0 Å². The summed E-state index contributed by atoms with van der Waals surface area (Å²) >= 11 is 1.90. The van der Waals surface area contributed by atoms with Gasteiger partial charge in [0.1, 0.15) is 0 Å². The van der Waals surface area contributed by atoms with Crippen LogP contribution in [0.2, 0.25) is 0 Å². The fourth-order valence-corrected chi connectivity index (χ4v) is 20.0. The topological polar surface area (TPSA) is 113 Å². The molecule has 621 valence electrons. The fraction of sp³-hybridized carbons (Fsp3) is 0.202. The van der Waals surface area contributed by atoms with Crippen LogP contribution in [0.25, 0.3) is 164 Å². The SMILES string of the molecule is CCC1(Cc2ccc(-c3ccc4c(c3)c3ccc[c-]c3c3nccn43)cc2)CCCCC1.Cc1cc2c3cccc(C)c3c3ncc[c-]c3n2n1.Cc1cccc(C)c1-c1cnc2c3[c-]cccc3c3cc(CC(C)(C)C)sc3n12.Cc1cn2c3cccc(C)c3c3ncc[c-]c3c2n1.Cn1cnc2c3[c-]cccc3c3ccccc3c21.[Ir].[Ir].[Ir].[Ir].[Ir]. The molecule has 23 rings (SSSR count). The van der Waals surface area contributed by atoms with E-state index in [1.54, 1.807) is 12.4 Å². The second-order valence-corrected chi connectivity index (χ2v) is 34.2. The minimum atomic E-state index is 0. The summed E-state index contributed by atoms with van der Waals surface area (Å²) in [6.07, 6.45) is 24.1. The van der Waals surface area contributed by atoms with E-state index in [0.717, 1.165) is 89.4 Å². The van der Waals surface area contributed by atoms with Gasteiger partial charge in [-0.3, -0.25) is 24.5 Å². The molecular weight excluding hydrogens is 2410 g/mol. The number of imidazole rings is 4. The first kappa shape index (κ1) is 88.6. The molecule has 0 saturated heterocycles. The number of rotatable bonds is 6. The van der Waals surface area contributed by atoms with Gasteiger partial charge in [-0.1, -0.05) is 207 Å². The summed E-state index contributed by atoms with van der Waals surface area (Å²) < 4.78 is 10.7. The van der Waals surface area contributed by atoms with Crippen LogP contribution in [0.4, 0.5) is 0 Å². The average Bonchev–Trinajstić information content (AvgIpc) is 1.57. The van der Waals surface area contributed by atoms with E-state index in [-0.39, 0.29) is 106 Å². The number of hydrogen-bond donors (Lipinski definition) is 0. The molecule has 1 fully saturated rings. The zero-order valence-electron chi connectivity index (χ0n) is 69.7. The Kier molecular flexibility index (Phi) is 26.6. The van der Waals surface area contributed by atoms with Crippen molar-refractivity contribution in [3.05, 3.63) is 318 Å². The molecule has 0 amide bonds. The third-order valence-electron chi connectivity index (χ3n) is 23.9. The molecule has 12 heterocycles. The van der Waals surface area contributed by atoms with Gasteiger partial charge in [0.25, 0.3) is 0 Å². The molecule has 22 aromatic rings. The Labute approximate surface area is 781 Å². The molecule has 0 bridgehead atoms. The van der Waals surface area contributed by atoms with Gasteiger partial charge < -0.3 is 27.7 Å². The Morgan fingerprint density at radius 3 is 1.80 bits per heavy atom. The third kappa shape index (κ3) is 16.3. The van der Waals surface area contributed by atoms with Gasteiger partial charge in [0.15, 0.2) is 0 Å². The van der Waals surface area contributed by atoms with Gasteiger partial charge in [0.2, 0.25) is 0 Å². The maximum Gasteiger partial charge on any atom is 0.0914 e. The fourth-order valence-electron chi connectivity index (χ4n) is 18.5. The van der Waals surface area contributed by atoms with Crippen LogP contribution in [0, 0.1) is 82.7 Å². The van der Waals surface area contributed by atoms with Crippen molar-refractivity contribution in [2.45, 2.75) is 121 Å². The summed E-state index contributed by atoms with van der Waals surface area (Å²) in [4.78, 5) is 30.4. The van der Waals surface area contributed by atoms with Crippen LogP contribution in [0.1, 0.15) is 110 Å². The van der Waals surface area contributed by atoms with Crippen molar-refractivity contribution in [2.24, 2.45) is 17.9 Å². The van der Waals surface area contributed by atoms with Crippen LogP contribution < -0.4 is 0 Å². The van der Waals surface area contributed by atoms with Gasteiger partial charge in [-0.05, 0) is 185 Å². The zero-order valence-corrected chi connectivity index (χ0v) is 82.5. The van der Waals surface area contributed by atoms with E-state index in [2.05, 4.69) is 303 Å². The van der Waals surface area contributed by atoms with Gasteiger partial charge in [0.05, 0.1) is 45.0 Å². The first-order chi connectivity index (χ1) is 57.0. The Morgan fingerprint density at radius 2 is 1.08 bits per heavy atom. The van der Waals surface area contributed by atoms with Crippen LogP contribution >= 0.6 is 11.3 Å². The van der Waals surface area contributed by atoms with E-state index in [0.29, 0.717) is 5.41 Å². The largest absolute Gasteiger partial charge is 0.381 e. The molecule has 12 nitrogen and oxygen atoms in total. The molecule has 12 aromatic heterocycles. The maximum atomic E-state index is 4.88. The molecule has 1 saturated carbocycles. The first-order valence-electron chi connectivity index (χ1n) is 40.7. The summed E-state index contributed by atoms with van der Waals surface area (Å²) in [7, 11) is 2.04. The van der Waals surface area contributed by atoms with Crippen molar-refractivity contribution in [1.29, 1.82) is 0 Å². The molecule has 0 unspecified atom stereocenters. The minimum Gasteiger partial charge on any atom is -0.381 e. The Bertz CT molecular complexity index is 7470. The molecule has 122 heavy (non-hydrogen) atoms. The predicted octanol–water partition coefficient (Wildman–Crippen LogP) is 26.0. The predicted molar refractivity (Wildman–Crippen MR) is 486 cm³/mol. The third-order valence-corrected chi connectivity index (χ3v) is 25.1. The van der Waals surface area contributed by atoms with Gasteiger partial charge in [0, 0.05) is 171 Å². The van der Waals surface area contributed by atoms with Crippen LogP contribution in [0.5, 0.6) is 0 Å². The summed E-state index contributed by atoms with van der Waals surface area (Å²) in [5.41, 5.74) is 25.7. The summed E-state index contributed by atoms with van der Waals surface area (Å²) in [5.74, 6) is 0. The Balaban J connectivity index is 0.000000126. The van der Waals surface area contributed by atoms with E-state index in [1.807, 2.05) is 98.1 Å². The average molecular weight is 2500 g/mol. The molecule has 10 aromatic carbocycles. The molecule has 0 atom stereocenters. The Hall–Kier alpha value is -9.72. The standard InChI is InChI=1S/C30H29N2.C26H25N2S.2C16H12N3.C16H11N2.5Ir/c1-2-30(16-6-3-7-17-30)21-22-10-12-23(13-11-22)24-14-15-28-27(20-24)25-8-4-5-9-26(25)29-31-18-19-32(28)29;1-16-9-8-10-17(2)23(16)22-15-27-24-20-12-7-6-11-19(20)21-13-18(14-26(3,4)5)29-25(21)28(22)24;1-10-5-3-7-13-14(10)15-12(6-4-8-17-15)16-18-11(2)9-19(13)16;1-10-5-3-6-12-14-9-11(2)18-19(14)13-7-4-8-17-16(13)15(10)12;1-18-10-17-15-13-8-4-2-6-11(13)12-7-3-5-9-14(12)16(15)18;;;;;/h4-5,8,10-15,18-20H,2-3,6-7,16-17,21H2,1H3;6-11,13,15H,14H2,1-5H3;3-5,7-9H,1-2H3;3-6,8-9H,1-2H3;2-7,9-10H,1H3;;;;;/q5*-1;;;;;. The van der Waals surface area contributed by atoms with Crippen molar-refractivity contribution in [1.82, 2.24) is 57.3 Å². The van der Waals surface area contributed by atoms with E-state index in [1.165, 1.54) is 170 Å². The van der Waals surface area contributed by atoms with E-state index in [4.69, 9.17) is 4.98 Å². The van der Waals surface area contributed by atoms with Gasteiger partial charge in [-0.15, -0.1) is 112 Å². The van der Waals surface area contributed by atoms with Crippen LogP contribution in [0.3, 0.4) is 0 Å². The second-order valence-electron chi connectivity index (χ2n) is 33.1. The summed E-state index contributed by atoms with van der Waals surface area (Å²) in [6.45, 7) is 21.9. The zero-order chi connectivity index (χ0) is 80.0. The van der Waals surface area contributed by atoms with E-state index < -0.39 is 0 Å². The Morgan fingerprint density at radius 1 is 0.467 bits per heavy atom. The molecule has 18 heteroatoms. The number of aromatic nitrogens is 12. The number of fused-ring (bicyclic) bond motifs is 30. The number of benzene rings is 10. The maximum absolute atomic E-state index is 4.88. The molecular formula is C104H89Ir5N12S-5. The summed E-state index contributed by atoms with van der Waals surface area (Å²) in [5, 5.41) is 21.1. The van der Waals surface area contributed by atoms with Crippen LogP contribution in [0.15, 0.2) is 244 Å². The molecule has 5 radical (unpaired) electrons. The van der Waals surface area contributed by atoms with Gasteiger partial charge in [-0.25, -0.2) is 0 Å². The van der Waals surface area contributed by atoms with Crippen molar-refractivity contribution in [3.8, 4) is 22.4 Å². The van der Waals surface area contributed by atoms with Crippen LogP contribution in [-0.4, -0.2) is 57.3 Å². The molecule has 0 spiro atoms. The number of nitrogens with zero attached hydrogens (tertiary/aromatic N) is 12. The number of hydrogen-bond acceptors (Lipinski definition) is 8. The second kappa shape index (κ2) is 36.6. The quantitative estimate of drug-likeness (QED) is 0.120. The minimum absolute atomic E-state index is 0. The molecule has 0 N–H and O–H groups in total. The van der Waals surface area contributed by atoms with Crippen molar-refractivity contribution >= 4 is 153 Å². The smallest absolute Gasteiger partial charge is 0.0914 e. The van der Waals surface area contributed by atoms with Crippen molar-refractivity contribution in [3.63, 3.8) is 0 Å². The molecule has 1 aliphatic rings. The van der Waals surface area contributed by atoms with E-state index >= 15 is 0 Å². The first-order valence-corrected chi connectivity index (χ1v) is 41.6. The van der Waals surface area contributed by atoms with Crippen LogP contribution in [-0.2, 0) is 120 Å². The summed E-state index contributed by atoms with van der Waals surface area (Å²) in [6, 6.07) is 87.3. The van der Waals surface area contributed by atoms with Gasteiger partial charge >= 0.3 is 0 Å². The van der Waals surface area contributed by atoms with E-state index in [9.17, 15) is 0 Å². The molecule has 1 aliphatic carbocycles. The van der Waals surface area contributed by atoms with Gasteiger partial charge in [-0.2, -0.15) is 17.2 Å². The van der Waals surface area contributed by atoms with Crippen molar-refractivity contribution < 1.29 is 101 Å². The normalized spacial score (nSPS) is 12.5. The number of pyridine rings is 6. The monoisotopic (exact) mass is 2500 g/mol. The number of aryl methyl sites for hydroxylation is 7. The molecule has 0 aliphatic heterocycles. The number of thiophene rings is 1.